The van der Waals surface area contributed by atoms with Gasteiger partial charge >= 0.3 is 12.3 Å². The van der Waals surface area contributed by atoms with E-state index < -0.39 is 65.7 Å². The average Bonchev–Trinajstić information content (AvgIpc) is 1.69. The molecule has 0 radical (unpaired) electrons. The van der Waals surface area contributed by atoms with Crippen molar-refractivity contribution in [1.82, 2.24) is 73.8 Å². The number of terminal acetylenes is 5. The fourth-order valence-electron chi connectivity index (χ4n) is 10.7. The minimum atomic E-state index is -4.44. The lowest BCUT2D eigenvalue weighted by Gasteiger charge is -2.25. The minimum absolute atomic E-state index is 0.0306. The molecule has 118 heavy (non-hydrogen) atoms. The summed E-state index contributed by atoms with van der Waals surface area (Å²) in [6.07, 6.45) is 44.9. The van der Waals surface area contributed by atoms with Gasteiger partial charge in [0.25, 0.3) is 0 Å². The Morgan fingerprint density at radius 1 is 0.424 bits per heavy atom. The first-order valence-corrected chi connectivity index (χ1v) is 38.5. The Morgan fingerprint density at radius 2 is 0.695 bits per heavy atom. The number of pyridine rings is 5. The van der Waals surface area contributed by atoms with E-state index in [4.69, 9.17) is 36.9 Å². The summed E-state index contributed by atoms with van der Waals surface area (Å²) in [7, 11) is 0. The summed E-state index contributed by atoms with van der Waals surface area (Å²) < 4.78 is 116. The predicted molar refractivity (Wildman–Crippen MR) is 438 cm³/mol. The number of halogens is 8. The third-order valence-corrected chi connectivity index (χ3v) is 17.5. The van der Waals surface area contributed by atoms with E-state index in [1.54, 1.807) is 109 Å². The molecule has 0 aromatic carbocycles. The Morgan fingerprint density at radius 3 is 0.958 bits per heavy atom. The molecule has 10 aromatic rings. The van der Waals surface area contributed by atoms with E-state index in [1.165, 1.54) is 106 Å². The van der Waals surface area contributed by atoms with E-state index in [0.29, 0.717) is 91.8 Å². The zero-order valence-corrected chi connectivity index (χ0v) is 68.5. The Bertz CT molecular complexity index is 5350. The first kappa shape index (κ1) is 93.7. The first-order valence-electron chi connectivity index (χ1n) is 35.7. The van der Waals surface area contributed by atoms with Crippen LogP contribution in [0.5, 0.6) is 0 Å². The molecule has 26 nitrogen and oxygen atoms in total. The standard InChI is InChI=1S/C17H19FN4O2.C17H19FN4OS.C16H14F4N4O.C16H17FN4OS.C16H17FN4O/c1-6-7-21(16(23)24-17(3,4)5)15-11-22(20-12(15)2)14-8-13(18)9-19-10-14;1-5-6-21(17(23)12(2)11-24-4)16-10-22(20-13(16)3)15-7-14(18)8-19-9-15;1-3-6-23(15(25)4-5-16(18,19)20)14-10-24(22-11(14)2)13-7-12(17)8-21-9-13;1-4-6-20(16(22)5-7-23-3)15-11-21(19-12(15)2)14-8-13(17)9-18-10-14;1-5-6-20(16(22)11(2)3)15-10-21(19-12(15)4)14-7-13(17)8-18-9-14/h1,8-11H,7H2,2-5H3;1,7-10,12H,6,11H2,2-4H3;1,7-10H,4-6H2,2H3;1,8-11H,5-7H2,2-3H3;1,7-11H,6H2,2-4H3. The van der Waals surface area contributed by atoms with E-state index >= 15 is 0 Å². The molecule has 0 saturated heterocycles. The topological polar surface area (TPSA) is 264 Å². The van der Waals surface area contributed by atoms with Crippen LogP contribution >= 0.6 is 23.5 Å². The van der Waals surface area contributed by atoms with Gasteiger partial charge in [-0.3, -0.25) is 68.6 Å². The summed E-state index contributed by atoms with van der Waals surface area (Å²) in [5, 5.41) is 21.4. The summed E-state index contributed by atoms with van der Waals surface area (Å²) in [4.78, 5) is 87.8. The minimum Gasteiger partial charge on any atom is -0.443 e. The van der Waals surface area contributed by atoms with Gasteiger partial charge in [0.2, 0.25) is 23.6 Å². The summed E-state index contributed by atoms with van der Waals surface area (Å²) in [5.74, 6) is 9.89. The van der Waals surface area contributed by atoms with E-state index in [2.05, 4.69) is 80.0 Å². The molecule has 0 spiro atoms. The number of ether oxygens (including phenoxy) is 1. The van der Waals surface area contributed by atoms with Crippen molar-refractivity contribution in [3.8, 4) is 90.2 Å². The fraction of sp³-hybridized carbons (Fsp3) is 0.329. The van der Waals surface area contributed by atoms with Crippen LogP contribution in [0.25, 0.3) is 28.4 Å². The van der Waals surface area contributed by atoms with E-state index in [1.807, 2.05) is 33.3 Å². The van der Waals surface area contributed by atoms with Crippen LogP contribution in [0.4, 0.5) is 68.4 Å². The molecular weight excluding hydrogens is 1580 g/mol. The lowest BCUT2D eigenvalue weighted by atomic mass is 10.1. The highest BCUT2D eigenvalue weighted by atomic mass is 32.2. The van der Waals surface area contributed by atoms with Crippen molar-refractivity contribution >= 4 is 81.7 Å². The number of rotatable bonds is 24. The number of carbonyl (C=O) groups excluding carboxylic acids is 5. The number of hydrogen-bond acceptors (Lipinski definition) is 18. The number of nitrogens with zero attached hydrogens (tertiary/aromatic N) is 20. The smallest absolute Gasteiger partial charge is 0.415 e. The van der Waals surface area contributed by atoms with E-state index in [-0.39, 0.29) is 68.0 Å². The third kappa shape index (κ3) is 27.3. The Hall–Kier alpha value is -13.1. The molecule has 5 amide bonds. The normalized spacial score (nSPS) is 11.0. The second-order valence-corrected chi connectivity index (χ2v) is 28.7. The Labute approximate surface area is 687 Å². The Kier molecular flexibility index (Phi) is 35.1. The molecule has 36 heteroatoms. The molecule has 0 bridgehead atoms. The first-order chi connectivity index (χ1) is 55.9. The molecule has 0 aliphatic heterocycles. The molecule has 1 unspecified atom stereocenters. The van der Waals surface area contributed by atoms with Gasteiger partial charge in [-0.05, 0) is 67.9 Å². The molecule has 0 aliphatic rings. The lowest BCUT2D eigenvalue weighted by molar-refractivity contribution is -0.143. The molecule has 10 rings (SSSR count). The SMILES string of the molecule is C#CCN(C(=O)C(C)C)c1cn(-c2cncc(F)c2)nc1C.C#CCN(C(=O)C(C)CSC)c1cn(-c2cncc(F)c2)nc1C.C#CCN(C(=O)CCC(F)(F)F)c1cn(-c2cncc(F)c2)nc1C.C#CCN(C(=O)CCSC)c1cn(-c2cncc(F)c2)nc1C.C#CCN(C(=O)OC(C)(C)C)c1cn(-c2cncc(F)c2)nc1C. The average molecular weight is 1660 g/mol. The number of thioether (sulfide) groups is 2. The lowest BCUT2D eigenvalue weighted by Crippen LogP contribution is -2.37. The molecule has 0 saturated carbocycles. The quantitative estimate of drug-likeness (QED) is 0.0402. The van der Waals surface area contributed by atoms with Gasteiger partial charge in [0, 0.05) is 66.5 Å². The van der Waals surface area contributed by atoms with E-state index in [0.717, 1.165) is 41.6 Å². The van der Waals surface area contributed by atoms with Crippen molar-refractivity contribution in [3.63, 3.8) is 0 Å². The van der Waals surface area contributed by atoms with Crippen LogP contribution in [0.1, 0.15) is 89.3 Å². The third-order valence-electron chi connectivity index (χ3n) is 16.1. The second kappa shape index (κ2) is 44.1. The monoisotopic (exact) mass is 1660 g/mol. The number of aromatic nitrogens is 15. The highest BCUT2D eigenvalue weighted by Gasteiger charge is 2.32. The van der Waals surface area contributed by atoms with Gasteiger partial charge in [-0.15, -0.1) is 32.1 Å². The van der Waals surface area contributed by atoms with Gasteiger partial charge in [-0.2, -0.15) is 62.2 Å². The molecule has 10 aromatic heterocycles. The largest absolute Gasteiger partial charge is 0.443 e. The van der Waals surface area contributed by atoms with Gasteiger partial charge in [-0.25, -0.2) is 50.2 Å². The predicted octanol–water partition coefficient (Wildman–Crippen LogP) is 13.6. The second-order valence-electron chi connectivity index (χ2n) is 26.8. The summed E-state index contributed by atoms with van der Waals surface area (Å²) >= 11 is 3.21. The van der Waals surface area contributed by atoms with Crippen molar-refractivity contribution in [2.24, 2.45) is 11.8 Å². The van der Waals surface area contributed by atoms with Crippen molar-refractivity contribution in [1.29, 1.82) is 0 Å². The van der Waals surface area contributed by atoms with Gasteiger partial charge < -0.3 is 4.74 Å². The molecule has 10 heterocycles. The zero-order chi connectivity index (χ0) is 87.3. The number of amides is 5. The molecule has 0 fully saturated rings. The molecule has 1 atom stereocenters. The fourth-order valence-corrected chi connectivity index (χ4v) is 11.7. The van der Waals surface area contributed by atoms with Crippen LogP contribution in [-0.4, -0.2) is 172 Å². The highest BCUT2D eigenvalue weighted by Crippen LogP contribution is 2.30. The van der Waals surface area contributed by atoms with Crippen LogP contribution in [-0.2, 0) is 23.9 Å². The number of anilines is 5. The van der Waals surface area contributed by atoms with Crippen molar-refractivity contribution in [2.45, 2.75) is 107 Å². The summed E-state index contributed by atoms with van der Waals surface area (Å²) in [6.45, 7) is 19.8. The van der Waals surface area contributed by atoms with Crippen LogP contribution in [0.3, 0.4) is 0 Å². The number of aryl methyl sites for hydroxylation is 5. The number of hydrogen-bond donors (Lipinski definition) is 0. The number of alkyl halides is 3. The summed E-state index contributed by atoms with van der Waals surface area (Å²) in [5.41, 5.74) is 6.97. The van der Waals surface area contributed by atoms with Gasteiger partial charge in [-0.1, -0.05) is 50.4 Å². The van der Waals surface area contributed by atoms with Gasteiger partial charge in [0.05, 0.1) is 217 Å². The van der Waals surface area contributed by atoms with Crippen LogP contribution in [0, 0.1) is 137 Å². The van der Waals surface area contributed by atoms with Crippen LogP contribution in [0.2, 0.25) is 0 Å². The highest BCUT2D eigenvalue weighted by molar-refractivity contribution is 7.98. The Balaban J connectivity index is 0.000000229. The van der Waals surface area contributed by atoms with Gasteiger partial charge in [0.1, 0.15) is 34.7 Å². The van der Waals surface area contributed by atoms with Gasteiger partial charge in [0.15, 0.2) is 0 Å². The maximum atomic E-state index is 13.4. The van der Waals surface area contributed by atoms with Crippen molar-refractivity contribution < 1.29 is 63.8 Å². The van der Waals surface area contributed by atoms with Crippen molar-refractivity contribution in [3.05, 3.63) is 181 Å². The van der Waals surface area contributed by atoms with Crippen molar-refractivity contribution in [2.75, 3.05) is 81.2 Å². The van der Waals surface area contributed by atoms with Crippen LogP contribution < -0.4 is 24.5 Å². The molecular formula is C82H86F8N20O6S2. The number of carbonyl (C=O) groups is 5. The zero-order valence-electron chi connectivity index (χ0n) is 66.9. The van der Waals surface area contributed by atoms with E-state index in [9.17, 15) is 59.1 Å². The molecule has 618 valence electrons. The maximum absolute atomic E-state index is 13.4. The molecule has 0 N–H and O–H groups in total. The van der Waals surface area contributed by atoms with Crippen LogP contribution in [0.15, 0.2) is 123 Å². The summed E-state index contributed by atoms with van der Waals surface area (Å²) in [6, 6.07) is 6.44. The molecule has 0 aliphatic carbocycles. The maximum Gasteiger partial charge on any atom is 0.415 e.